The first-order valence-electron chi connectivity index (χ1n) is 6.41. The summed E-state index contributed by atoms with van der Waals surface area (Å²) in [5.41, 5.74) is -1.04. The van der Waals surface area contributed by atoms with Crippen molar-refractivity contribution in [2.75, 3.05) is 0 Å². The summed E-state index contributed by atoms with van der Waals surface area (Å²) < 4.78 is 60.2. The van der Waals surface area contributed by atoms with Gasteiger partial charge in [0.25, 0.3) is 5.85 Å². The summed E-state index contributed by atoms with van der Waals surface area (Å²) in [6, 6.07) is 6.00. The van der Waals surface area contributed by atoms with E-state index in [1.165, 1.54) is 18.2 Å². The van der Waals surface area contributed by atoms with Crippen LogP contribution in [0.3, 0.4) is 0 Å². The van der Waals surface area contributed by atoms with Crippen molar-refractivity contribution in [2.24, 2.45) is 0 Å². The Bertz CT molecular complexity index is 827. The molecule has 0 N–H and O–H groups in total. The molecule has 2 unspecified atom stereocenters. The van der Waals surface area contributed by atoms with Crippen molar-refractivity contribution in [3.8, 4) is 0 Å². The second kappa shape index (κ2) is 4.12. The standard InChI is InChI=1S/C16H7ClF4O/c17-10-1-2-11-8(5-10)3-4-15(16(11,21)22-15)9-6-12(18)14(20)13(19)7-9/h1-7H. The summed E-state index contributed by atoms with van der Waals surface area (Å²) in [5.74, 6) is -6.63. The van der Waals surface area contributed by atoms with Crippen molar-refractivity contribution in [1.29, 1.82) is 0 Å². The number of halogens is 5. The molecule has 0 radical (unpaired) electrons. The van der Waals surface area contributed by atoms with Gasteiger partial charge >= 0.3 is 0 Å². The minimum atomic E-state index is -2.25. The van der Waals surface area contributed by atoms with Crippen LogP contribution in [-0.2, 0) is 16.2 Å². The molecule has 112 valence electrons. The van der Waals surface area contributed by atoms with E-state index in [0.717, 1.165) is 12.1 Å². The van der Waals surface area contributed by atoms with Gasteiger partial charge in [0, 0.05) is 16.1 Å². The van der Waals surface area contributed by atoms with Crippen LogP contribution in [0.5, 0.6) is 0 Å². The van der Waals surface area contributed by atoms with Crippen LogP contribution in [0.2, 0.25) is 5.02 Å². The van der Waals surface area contributed by atoms with E-state index in [-0.39, 0.29) is 11.1 Å². The Labute approximate surface area is 127 Å². The lowest BCUT2D eigenvalue weighted by Gasteiger charge is -2.18. The van der Waals surface area contributed by atoms with Crippen molar-refractivity contribution < 1.29 is 22.3 Å². The van der Waals surface area contributed by atoms with Gasteiger partial charge in [0.15, 0.2) is 23.1 Å². The van der Waals surface area contributed by atoms with Crippen molar-refractivity contribution in [3.63, 3.8) is 0 Å². The van der Waals surface area contributed by atoms with Crippen LogP contribution in [0, 0.1) is 17.5 Å². The van der Waals surface area contributed by atoms with E-state index in [2.05, 4.69) is 0 Å². The predicted molar refractivity (Wildman–Crippen MR) is 72.4 cm³/mol. The highest BCUT2D eigenvalue weighted by Gasteiger charge is 2.74. The maximum absolute atomic E-state index is 15.1. The highest BCUT2D eigenvalue weighted by atomic mass is 35.5. The molecule has 1 nitrogen and oxygen atoms in total. The second-order valence-corrected chi connectivity index (χ2v) is 5.69. The summed E-state index contributed by atoms with van der Waals surface area (Å²) in [6.07, 6.45) is 2.92. The van der Waals surface area contributed by atoms with Crippen LogP contribution in [0.15, 0.2) is 36.4 Å². The first kappa shape index (κ1) is 13.8. The molecule has 4 rings (SSSR count). The van der Waals surface area contributed by atoms with Crippen molar-refractivity contribution in [3.05, 3.63) is 75.6 Å². The predicted octanol–water partition coefficient (Wildman–Crippen LogP) is 4.83. The van der Waals surface area contributed by atoms with Crippen molar-refractivity contribution >= 4 is 17.7 Å². The SMILES string of the molecule is Fc1cc(C23C=Cc4cc(Cl)ccc4C2(F)O3)cc(F)c1F. The maximum atomic E-state index is 15.1. The maximum Gasteiger partial charge on any atom is 0.274 e. The molecule has 1 heterocycles. The average Bonchev–Trinajstić information content (AvgIpc) is 3.11. The average molecular weight is 327 g/mol. The second-order valence-electron chi connectivity index (χ2n) is 5.25. The molecule has 2 aliphatic rings. The molecule has 1 fully saturated rings. The topological polar surface area (TPSA) is 12.5 Å². The lowest BCUT2D eigenvalue weighted by atomic mass is 9.83. The molecule has 1 aliphatic carbocycles. The Kier molecular flexibility index (Phi) is 2.58. The summed E-state index contributed by atoms with van der Waals surface area (Å²) in [6.45, 7) is 0. The van der Waals surface area contributed by atoms with E-state index in [0.29, 0.717) is 10.6 Å². The van der Waals surface area contributed by atoms with Gasteiger partial charge in [-0.1, -0.05) is 23.7 Å². The Morgan fingerprint density at radius 1 is 1.00 bits per heavy atom. The molecule has 6 heteroatoms. The van der Waals surface area contributed by atoms with Gasteiger partial charge in [-0.15, -0.1) is 0 Å². The monoisotopic (exact) mass is 326 g/mol. The van der Waals surface area contributed by atoms with Crippen molar-refractivity contribution in [1.82, 2.24) is 0 Å². The number of ether oxygens (including phenoxy) is 1. The van der Waals surface area contributed by atoms with Gasteiger partial charge in [-0.3, -0.25) is 0 Å². The van der Waals surface area contributed by atoms with E-state index in [1.54, 1.807) is 12.1 Å². The third kappa shape index (κ3) is 1.58. The molecular formula is C16H7ClF4O. The zero-order chi connectivity index (χ0) is 15.7. The van der Waals surface area contributed by atoms with Crippen LogP contribution >= 0.6 is 11.6 Å². The van der Waals surface area contributed by atoms with Crippen molar-refractivity contribution in [2.45, 2.75) is 11.5 Å². The first-order chi connectivity index (χ1) is 10.4. The van der Waals surface area contributed by atoms with Crippen LogP contribution < -0.4 is 0 Å². The van der Waals surface area contributed by atoms with Gasteiger partial charge in [0.05, 0.1) is 0 Å². The third-order valence-electron chi connectivity index (χ3n) is 4.01. The quantitative estimate of drug-likeness (QED) is 0.415. The summed E-state index contributed by atoms with van der Waals surface area (Å²) in [5, 5.41) is 0.430. The minimum Gasteiger partial charge on any atom is -0.317 e. The van der Waals surface area contributed by atoms with Gasteiger partial charge in [-0.05, 0) is 35.9 Å². The Hall–Kier alpha value is -1.85. The Balaban J connectivity index is 1.88. The number of hydrogen-bond acceptors (Lipinski definition) is 1. The first-order valence-corrected chi connectivity index (χ1v) is 6.78. The van der Waals surface area contributed by atoms with Gasteiger partial charge < -0.3 is 4.74 Å². The molecule has 0 spiro atoms. The van der Waals surface area contributed by atoms with Gasteiger partial charge in [-0.25, -0.2) is 17.6 Å². The number of alkyl halides is 1. The molecule has 2 atom stereocenters. The Morgan fingerprint density at radius 3 is 2.36 bits per heavy atom. The highest BCUT2D eigenvalue weighted by molar-refractivity contribution is 6.30. The molecule has 0 aromatic heterocycles. The molecule has 1 saturated heterocycles. The van der Waals surface area contributed by atoms with E-state index in [1.807, 2.05) is 0 Å². The number of rotatable bonds is 1. The number of benzene rings is 2. The minimum absolute atomic E-state index is 0.122. The van der Waals surface area contributed by atoms with Gasteiger partial charge in [-0.2, -0.15) is 0 Å². The normalized spacial score (nSPS) is 28.2. The number of epoxide rings is 1. The molecule has 0 amide bonds. The molecule has 0 saturated carbocycles. The Morgan fingerprint density at radius 2 is 1.68 bits per heavy atom. The zero-order valence-electron chi connectivity index (χ0n) is 10.8. The summed E-state index contributed by atoms with van der Waals surface area (Å²) in [4.78, 5) is 0. The summed E-state index contributed by atoms with van der Waals surface area (Å²) in [7, 11) is 0. The van der Waals surface area contributed by atoms with Gasteiger partial charge in [0.2, 0.25) is 0 Å². The fraction of sp³-hybridized carbons (Fsp3) is 0.125. The number of fused-ring (bicyclic) bond motifs is 3. The van der Waals surface area contributed by atoms with Crippen LogP contribution in [0.25, 0.3) is 6.08 Å². The largest absolute Gasteiger partial charge is 0.317 e. The third-order valence-corrected chi connectivity index (χ3v) is 4.24. The summed E-state index contributed by atoms with van der Waals surface area (Å²) >= 11 is 5.86. The smallest absolute Gasteiger partial charge is 0.274 e. The molecule has 0 bridgehead atoms. The van der Waals surface area contributed by atoms with E-state index in [4.69, 9.17) is 16.3 Å². The lowest BCUT2D eigenvalue weighted by Crippen LogP contribution is -2.21. The lowest BCUT2D eigenvalue weighted by molar-refractivity contribution is 0.140. The van der Waals surface area contributed by atoms with E-state index in [9.17, 15) is 13.2 Å². The molecule has 1 aliphatic heterocycles. The molecule has 2 aromatic rings. The number of hydrogen-bond donors (Lipinski definition) is 0. The van der Waals surface area contributed by atoms with E-state index >= 15 is 4.39 Å². The highest BCUT2D eigenvalue weighted by Crippen LogP contribution is 2.67. The fourth-order valence-corrected chi connectivity index (χ4v) is 3.06. The molecular weight excluding hydrogens is 320 g/mol. The van der Waals surface area contributed by atoms with E-state index < -0.39 is 28.9 Å². The molecule has 22 heavy (non-hydrogen) atoms. The zero-order valence-corrected chi connectivity index (χ0v) is 11.6. The van der Waals surface area contributed by atoms with Gasteiger partial charge in [0.1, 0.15) is 0 Å². The fourth-order valence-electron chi connectivity index (χ4n) is 2.87. The molecule has 2 aromatic carbocycles. The van der Waals surface area contributed by atoms with Crippen LogP contribution in [0.4, 0.5) is 17.6 Å². The van der Waals surface area contributed by atoms with Crippen LogP contribution in [0.1, 0.15) is 16.7 Å². The van der Waals surface area contributed by atoms with Crippen LogP contribution in [-0.4, -0.2) is 0 Å².